The molecule has 114 valence electrons. The fraction of sp³-hybridized carbons (Fsp3) is 0.308. The molecule has 3 N–H and O–H groups in total. The molecule has 0 radical (unpaired) electrons. The summed E-state index contributed by atoms with van der Waals surface area (Å²) in [6, 6.07) is 1.97. The molecule has 0 bridgehead atoms. The highest BCUT2D eigenvalue weighted by molar-refractivity contribution is 5.97. The minimum absolute atomic E-state index is 0.00910. The van der Waals surface area contributed by atoms with Gasteiger partial charge in [-0.2, -0.15) is 0 Å². The van der Waals surface area contributed by atoms with Crippen LogP contribution in [0.15, 0.2) is 18.2 Å². The second-order valence-electron chi connectivity index (χ2n) is 4.15. The number of hydrogen-bond acceptors (Lipinski definition) is 4. The van der Waals surface area contributed by atoms with E-state index in [1.165, 1.54) is 13.2 Å². The van der Waals surface area contributed by atoms with Crippen molar-refractivity contribution in [3.63, 3.8) is 0 Å². The summed E-state index contributed by atoms with van der Waals surface area (Å²) in [7, 11) is 1.23. The quantitative estimate of drug-likeness (QED) is 0.689. The zero-order valence-electron chi connectivity index (χ0n) is 11.1. The van der Waals surface area contributed by atoms with Crippen LogP contribution in [-0.4, -0.2) is 41.2 Å². The van der Waals surface area contributed by atoms with Crippen LogP contribution in [0.1, 0.15) is 23.2 Å². The van der Waals surface area contributed by atoms with Gasteiger partial charge in [0.15, 0.2) is 11.6 Å². The minimum Gasteiger partial charge on any atom is -0.494 e. The molecule has 1 aromatic carbocycles. The molecule has 0 aromatic heterocycles. The van der Waals surface area contributed by atoms with Crippen molar-refractivity contribution >= 4 is 17.8 Å². The van der Waals surface area contributed by atoms with Gasteiger partial charge in [-0.25, -0.2) is 9.18 Å². The first-order chi connectivity index (χ1) is 9.85. The first-order valence-electron chi connectivity index (χ1n) is 5.94. The third-order valence-electron chi connectivity index (χ3n) is 2.66. The summed E-state index contributed by atoms with van der Waals surface area (Å²) in [5.41, 5.74) is 0.00910. The Hall–Kier alpha value is -2.64. The van der Waals surface area contributed by atoms with Gasteiger partial charge < -0.3 is 20.3 Å². The van der Waals surface area contributed by atoms with Gasteiger partial charge in [0.25, 0.3) is 5.91 Å². The van der Waals surface area contributed by atoms with Crippen LogP contribution in [0.4, 0.5) is 4.39 Å². The number of carbonyl (C=O) groups is 3. The average molecular weight is 299 g/mol. The first-order valence-corrected chi connectivity index (χ1v) is 5.94. The smallest absolute Gasteiger partial charge is 0.326 e. The zero-order chi connectivity index (χ0) is 16.0. The van der Waals surface area contributed by atoms with Crippen LogP contribution in [0.2, 0.25) is 0 Å². The van der Waals surface area contributed by atoms with E-state index in [1.807, 2.05) is 0 Å². The van der Waals surface area contributed by atoms with Gasteiger partial charge in [0.05, 0.1) is 7.11 Å². The van der Waals surface area contributed by atoms with Gasteiger partial charge in [-0.3, -0.25) is 9.59 Å². The van der Waals surface area contributed by atoms with Crippen molar-refractivity contribution in [2.45, 2.75) is 18.9 Å². The van der Waals surface area contributed by atoms with E-state index in [9.17, 15) is 18.8 Å². The molecule has 1 amide bonds. The lowest BCUT2D eigenvalue weighted by Gasteiger charge is -2.14. The van der Waals surface area contributed by atoms with Gasteiger partial charge in [0.2, 0.25) is 0 Å². The summed E-state index contributed by atoms with van der Waals surface area (Å²) < 4.78 is 17.9. The van der Waals surface area contributed by atoms with Crippen molar-refractivity contribution in [3.05, 3.63) is 29.6 Å². The van der Waals surface area contributed by atoms with Gasteiger partial charge >= 0.3 is 11.9 Å². The van der Waals surface area contributed by atoms with Crippen LogP contribution in [-0.2, 0) is 9.59 Å². The van der Waals surface area contributed by atoms with E-state index in [4.69, 9.17) is 14.9 Å². The lowest BCUT2D eigenvalue weighted by atomic mass is 10.1. The van der Waals surface area contributed by atoms with E-state index in [1.54, 1.807) is 0 Å². The topological polar surface area (TPSA) is 113 Å². The summed E-state index contributed by atoms with van der Waals surface area (Å²) in [6.45, 7) is 0. The lowest BCUT2D eigenvalue weighted by molar-refractivity contribution is -0.140. The number of halogens is 1. The largest absolute Gasteiger partial charge is 0.494 e. The fourth-order valence-electron chi connectivity index (χ4n) is 1.57. The molecule has 0 fully saturated rings. The molecular formula is C13H14FNO6. The minimum atomic E-state index is -1.35. The maximum atomic E-state index is 13.2. The monoisotopic (exact) mass is 299 g/mol. The maximum Gasteiger partial charge on any atom is 0.326 e. The van der Waals surface area contributed by atoms with Crippen LogP contribution >= 0.6 is 0 Å². The van der Waals surface area contributed by atoms with Crippen molar-refractivity contribution in [1.82, 2.24) is 5.32 Å². The number of carbonyl (C=O) groups excluding carboxylic acids is 1. The molecule has 21 heavy (non-hydrogen) atoms. The van der Waals surface area contributed by atoms with Crippen LogP contribution in [0.5, 0.6) is 5.75 Å². The van der Waals surface area contributed by atoms with E-state index >= 15 is 0 Å². The summed E-state index contributed by atoms with van der Waals surface area (Å²) >= 11 is 0. The van der Waals surface area contributed by atoms with Gasteiger partial charge in [-0.15, -0.1) is 0 Å². The Balaban J connectivity index is 2.81. The Bertz CT molecular complexity index is 560. The highest BCUT2D eigenvalue weighted by Crippen LogP contribution is 2.18. The van der Waals surface area contributed by atoms with E-state index < -0.39 is 36.1 Å². The number of carboxylic acids is 2. The number of ether oxygens (including phenoxy) is 1. The molecule has 1 aromatic rings. The molecule has 0 aliphatic heterocycles. The third-order valence-corrected chi connectivity index (χ3v) is 2.66. The Morgan fingerprint density at radius 2 is 2.00 bits per heavy atom. The number of amides is 1. The average Bonchev–Trinajstić information content (AvgIpc) is 2.43. The number of aliphatic carboxylic acids is 2. The van der Waals surface area contributed by atoms with Crippen molar-refractivity contribution in [2.24, 2.45) is 0 Å². The van der Waals surface area contributed by atoms with Gasteiger partial charge in [-0.1, -0.05) is 0 Å². The predicted molar refractivity (Wildman–Crippen MR) is 68.7 cm³/mol. The van der Waals surface area contributed by atoms with Crippen LogP contribution < -0.4 is 10.1 Å². The highest BCUT2D eigenvalue weighted by atomic mass is 19.1. The Morgan fingerprint density at radius 3 is 2.52 bits per heavy atom. The van der Waals surface area contributed by atoms with Gasteiger partial charge in [0, 0.05) is 12.0 Å². The standard InChI is InChI=1S/C13H14FNO6/c1-21-10-6-7(2-3-8(10)14)12(18)15-9(13(19)20)4-5-11(16)17/h2-3,6,9H,4-5H2,1H3,(H,15,18)(H,16,17)(H,19,20). The number of hydrogen-bond donors (Lipinski definition) is 3. The second kappa shape index (κ2) is 7.22. The molecular weight excluding hydrogens is 285 g/mol. The lowest BCUT2D eigenvalue weighted by Crippen LogP contribution is -2.41. The normalized spacial score (nSPS) is 11.5. The van der Waals surface area contributed by atoms with E-state index in [0.717, 1.165) is 12.1 Å². The van der Waals surface area contributed by atoms with E-state index in [0.29, 0.717) is 0 Å². The number of methoxy groups -OCH3 is 1. The molecule has 1 atom stereocenters. The Morgan fingerprint density at radius 1 is 1.33 bits per heavy atom. The van der Waals surface area contributed by atoms with Gasteiger partial charge in [-0.05, 0) is 24.6 Å². The molecule has 8 heteroatoms. The van der Waals surface area contributed by atoms with Crippen LogP contribution in [0.3, 0.4) is 0 Å². The molecule has 1 unspecified atom stereocenters. The third kappa shape index (κ3) is 4.75. The Labute approximate surface area is 119 Å². The molecule has 0 saturated carbocycles. The van der Waals surface area contributed by atoms with Crippen molar-refractivity contribution in [1.29, 1.82) is 0 Å². The summed E-state index contributed by atoms with van der Waals surface area (Å²) in [4.78, 5) is 33.3. The molecule has 7 nitrogen and oxygen atoms in total. The zero-order valence-corrected chi connectivity index (χ0v) is 11.1. The number of benzene rings is 1. The molecule has 0 spiro atoms. The SMILES string of the molecule is COc1cc(C(=O)NC(CCC(=O)O)C(=O)O)ccc1F. The summed E-state index contributed by atoms with van der Waals surface area (Å²) in [6.07, 6.45) is -0.654. The van der Waals surface area contributed by atoms with Crippen molar-refractivity contribution in [2.75, 3.05) is 7.11 Å². The van der Waals surface area contributed by atoms with E-state index in [2.05, 4.69) is 5.32 Å². The molecule has 0 heterocycles. The predicted octanol–water partition coefficient (Wildman–Crippen LogP) is 0.882. The fourth-order valence-corrected chi connectivity index (χ4v) is 1.57. The second-order valence-corrected chi connectivity index (χ2v) is 4.15. The molecule has 0 aliphatic carbocycles. The number of carboxylic acid groups (broad SMARTS) is 2. The number of nitrogens with one attached hydrogen (secondary N) is 1. The van der Waals surface area contributed by atoms with Crippen molar-refractivity contribution < 1.29 is 33.7 Å². The van der Waals surface area contributed by atoms with Gasteiger partial charge in [0.1, 0.15) is 6.04 Å². The van der Waals surface area contributed by atoms with Crippen LogP contribution in [0.25, 0.3) is 0 Å². The van der Waals surface area contributed by atoms with E-state index in [-0.39, 0.29) is 17.7 Å². The summed E-state index contributed by atoms with van der Waals surface area (Å²) in [5.74, 6) is -4.08. The first kappa shape index (κ1) is 16.4. The molecule has 1 rings (SSSR count). The van der Waals surface area contributed by atoms with Crippen molar-refractivity contribution in [3.8, 4) is 5.75 Å². The Kier molecular flexibility index (Phi) is 5.65. The summed E-state index contributed by atoms with van der Waals surface area (Å²) in [5, 5.41) is 19.6. The highest BCUT2D eigenvalue weighted by Gasteiger charge is 2.22. The molecule has 0 saturated heterocycles. The maximum absolute atomic E-state index is 13.2. The molecule has 0 aliphatic rings. The number of rotatable bonds is 7. The van der Waals surface area contributed by atoms with Crippen LogP contribution in [0, 0.1) is 5.82 Å².